The maximum Gasteiger partial charge on any atom is 0.0401 e. The Morgan fingerprint density at radius 1 is 0.250 bits per heavy atom. The lowest BCUT2D eigenvalue weighted by molar-refractivity contribution is 1.53. The van der Waals surface area contributed by atoms with Crippen LogP contribution in [0.3, 0.4) is 0 Å². The Bertz CT molecular complexity index is 2060. The number of nitrogens with two attached hydrogens (primary N) is 2. The molecule has 2 nitrogen and oxygen atoms in total. The van der Waals surface area contributed by atoms with E-state index in [0.717, 1.165) is 55.6 Å². The first-order valence-electron chi connectivity index (χ1n) is 14.9. The van der Waals surface area contributed by atoms with Crippen LogP contribution in [0.15, 0.2) is 170 Å². The van der Waals surface area contributed by atoms with Gasteiger partial charge >= 0.3 is 0 Å². The summed E-state index contributed by atoms with van der Waals surface area (Å²) in [6, 6.07) is 59.1. The molecule has 0 aliphatic heterocycles. The van der Waals surface area contributed by atoms with Crippen LogP contribution >= 0.6 is 0 Å². The van der Waals surface area contributed by atoms with Crippen molar-refractivity contribution in [3.63, 3.8) is 0 Å². The molecule has 2 heteroatoms. The van der Waals surface area contributed by atoms with Crippen molar-refractivity contribution in [2.45, 2.75) is 0 Å². The summed E-state index contributed by atoms with van der Waals surface area (Å²) in [6.45, 7) is 0. The van der Waals surface area contributed by atoms with E-state index in [9.17, 15) is 0 Å². The summed E-state index contributed by atoms with van der Waals surface area (Å²) < 4.78 is 0. The van der Waals surface area contributed by atoms with E-state index < -0.39 is 0 Å². The second-order valence-corrected chi connectivity index (χ2v) is 10.9. The summed E-state index contributed by atoms with van der Waals surface area (Å²) in [6.07, 6.45) is 0. The normalized spacial score (nSPS) is 10.9. The Labute approximate surface area is 258 Å². The molecule has 0 saturated heterocycles. The second kappa shape index (κ2) is 11.8. The highest BCUT2D eigenvalue weighted by Crippen LogP contribution is 2.48. The first-order chi connectivity index (χ1) is 21.7. The van der Waals surface area contributed by atoms with Gasteiger partial charge < -0.3 is 11.5 Å². The number of hydrogen-bond acceptors (Lipinski definition) is 2. The summed E-state index contributed by atoms with van der Waals surface area (Å²) in [7, 11) is 0. The Balaban J connectivity index is 1.53. The van der Waals surface area contributed by atoms with E-state index >= 15 is 0 Å². The van der Waals surface area contributed by atoms with Crippen LogP contribution in [0.25, 0.3) is 66.8 Å². The molecular weight excluding hydrogens is 532 g/mol. The molecule has 0 spiro atoms. The molecule has 0 aliphatic rings. The van der Waals surface area contributed by atoms with Crippen LogP contribution in [0, 0.1) is 0 Å². The third-order valence-electron chi connectivity index (χ3n) is 8.24. The zero-order valence-corrected chi connectivity index (χ0v) is 24.3. The zero-order valence-electron chi connectivity index (χ0n) is 24.3. The number of benzene rings is 7. The second-order valence-electron chi connectivity index (χ2n) is 10.9. The van der Waals surface area contributed by atoms with E-state index in [4.69, 9.17) is 11.5 Å². The molecule has 7 rings (SSSR count). The van der Waals surface area contributed by atoms with Crippen molar-refractivity contribution >= 4 is 11.4 Å². The van der Waals surface area contributed by atoms with Crippen molar-refractivity contribution < 1.29 is 0 Å². The fourth-order valence-corrected chi connectivity index (χ4v) is 6.18. The minimum Gasteiger partial charge on any atom is -0.398 e. The fourth-order valence-electron chi connectivity index (χ4n) is 6.18. The van der Waals surface area contributed by atoms with E-state index in [1.807, 2.05) is 30.3 Å². The van der Waals surface area contributed by atoms with E-state index in [-0.39, 0.29) is 0 Å². The highest BCUT2D eigenvalue weighted by atomic mass is 14.6. The Morgan fingerprint density at radius 3 is 1.14 bits per heavy atom. The molecule has 0 aromatic heterocycles. The number of rotatable bonds is 6. The third kappa shape index (κ3) is 5.04. The van der Waals surface area contributed by atoms with Crippen LogP contribution < -0.4 is 11.5 Å². The van der Waals surface area contributed by atoms with Gasteiger partial charge in [-0.2, -0.15) is 0 Å². The molecule has 0 amide bonds. The molecule has 0 unspecified atom stereocenters. The van der Waals surface area contributed by atoms with Crippen molar-refractivity contribution in [1.29, 1.82) is 0 Å². The lowest BCUT2D eigenvalue weighted by Gasteiger charge is -2.22. The van der Waals surface area contributed by atoms with E-state index in [1.165, 1.54) is 11.1 Å². The van der Waals surface area contributed by atoms with Crippen molar-refractivity contribution in [3.05, 3.63) is 170 Å². The number of hydrogen-bond donors (Lipinski definition) is 2. The minimum absolute atomic E-state index is 0.685. The predicted octanol–water partition coefficient (Wildman–Crippen LogP) is 10.9. The van der Waals surface area contributed by atoms with Crippen molar-refractivity contribution in [2.75, 3.05) is 11.5 Å². The van der Waals surface area contributed by atoms with Gasteiger partial charge in [-0.3, -0.25) is 0 Å². The van der Waals surface area contributed by atoms with Gasteiger partial charge in [0.2, 0.25) is 0 Å². The molecule has 0 saturated carbocycles. The Kier molecular flexibility index (Phi) is 7.24. The van der Waals surface area contributed by atoms with Crippen LogP contribution in [0.5, 0.6) is 0 Å². The average molecular weight is 565 g/mol. The van der Waals surface area contributed by atoms with Crippen LogP contribution in [0.2, 0.25) is 0 Å². The highest BCUT2D eigenvalue weighted by molar-refractivity contribution is 6.04. The monoisotopic (exact) mass is 564 g/mol. The standard InChI is InChI=1S/C42H32N2/c43-40-28-39(41(44)27-38(40)31-19-8-3-9-20-31)37-26-14-25-36(34-23-12-10-21-32(34)29-15-4-1-5-16-29)42(37)35-24-13-11-22-33(35)30-17-6-2-7-18-30/h1-28H,43-44H2. The van der Waals surface area contributed by atoms with Gasteiger partial charge in [0.15, 0.2) is 0 Å². The van der Waals surface area contributed by atoms with Crippen LogP contribution in [-0.2, 0) is 0 Å². The van der Waals surface area contributed by atoms with Crippen molar-refractivity contribution in [3.8, 4) is 66.8 Å². The molecule has 7 aromatic rings. The van der Waals surface area contributed by atoms with Gasteiger partial charge in [-0.25, -0.2) is 0 Å². The molecule has 44 heavy (non-hydrogen) atoms. The molecule has 0 aliphatic carbocycles. The first-order valence-corrected chi connectivity index (χ1v) is 14.9. The highest BCUT2D eigenvalue weighted by Gasteiger charge is 2.21. The predicted molar refractivity (Wildman–Crippen MR) is 188 cm³/mol. The lowest BCUT2D eigenvalue weighted by atomic mass is 9.82. The third-order valence-corrected chi connectivity index (χ3v) is 8.24. The molecule has 4 N–H and O–H groups in total. The van der Waals surface area contributed by atoms with Crippen molar-refractivity contribution in [2.24, 2.45) is 0 Å². The summed E-state index contributed by atoms with van der Waals surface area (Å²) in [5.41, 5.74) is 28.2. The maximum absolute atomic E-state index is 6.91. The van der Waals surface area contributed by atoms with Crippen LogP contribution in [-0.4, -0.2) is 0 Å². The molecule has 0 heterocycles. The van der Waals surface area contributed by atoms with Gasteiger partial charge in [0.1, 0.15) is 0 Å². The molecular formula is C42H32N2. The molecule has 210 valence electrons. The molecule has 7 aromatic carbocycles. The van der Waals surface area contributed by atoms with Gasteiger partial charge in [0, 0.05) is 22.5 Å². The minimum atomic E-state index is 0.685. The molecule has 0 bridgehead atoms. The largest absolute Gasteiger partial charge is 0.398 e. The summed E-state index contributed by atoms with van der Waals surface area (Å²) in [4.78, 5) is 0. The van der Waals surface area contributed by atoms with E-state index in [2.05, 4.69) is 140 Å². The number of nitrogen functional groups attached to an aromatic ring is 2. The fraction of sp³-hybridized carbons (Fsp3) is 0. The average Bonchev–Trinajstić information content (AvgIpc) is 3.10. The Morgan fingerprint density at radius 2 is 0.591 bits per heavy atom. The van der Waals surface area contributed by atoms with Crippen molar-refractivity contribution in [1.82, 2.24) is 0 Å². The summed E-state index contributed by atoms with van der Waals surface area (Å²) in [5, 5.41) is 0. The molecule has 0 fully saturated rings. The van der Waals surface area contributed by atoms with Gasteiger partial charge in [-0.05, 0) is 67.8 Å². The van der Waals surface area contributed by atoms with Gasteiger partial charge in [0.25, 0.3) is 0 Å². The summed E-state index contributed by atoms with van der Waals surface area (Å²) >= 11 is 0. The first kappa shape index (κ1) is 27.0. The SMILES string of the molecule is Nc1cc(-c2cccc(-c3ccccc3-c3ccccc3)c2-c2ccccc2-c2ccccc2)c(N)cc1-c1ccccc1. The zero-order chi connectivity index (χ0) is 29.9. The van der Waals surface area contributed by atoms with E-state index in [1.54, 1.807) is 0 Å². The maximum atomic E-state index is 6.91. The van der Waals surface area contributed by atoms with Gasteiger partial charge in [0.05, 0.1) is 0 Å². The van der Waals surface area contributed by atoms with Gasteiger partial charge in [-0.1, -0.05) is 158 Å². The quantitative estimate of drug-likeness (QED) is 0.197. The molecule has 0 radical (unpaired) electrons. The number of anilines is 2. The lowest BCUT2D eigenvalue weighted by Crippen LogP contribution is -1.99. The summed E-state index contributed by atoms with van der Waals surface area (Å²) in [5.74, 6) is 0. The van der Waals surface area contributed by atoms with Gasteiger partial charge in [-0.15, -0.1) is 0 Å². The Hall–Kier alpha value is -5.86. The van der Waals surface area contributed by atoms with E-state index in [0.29, 0.717) is 11.4 Å². The van der Waals surface area contributed by atoms with Crippen LogP contribution in [0.1, 0.15) is 0 Å². The smallest absolute Gasteiger partial charge is 0.0401 e. The topological polar surface area (TPSA) is 52.0 Å². The molecule has 0 atom stereocenters. The van der Waals surface area contributed by atoms with Crippen LogP contribution in [0.4, 0.5) is 11.4 Å².